The summed E-state index contributed by atoms with van der Waals surface area (Å²) in [6, 6.07) is 8.57. The van der Waals surface area contributed by atoms with Gasteiger partial charge in [0.05, 0.1) is 5.60 Å². The number of aryl methyl sites for hydroxylation is 1. The topological polar surface area (TPSA) is 20.2 Å². The Hall–Kier alpha value is -0.820. The van der Waals surface area contributed by atoms with E-state index in [1.54, 1.807) is 0 Å². The van der Waals surface area contributed by atoms with E-state index in [1.807, 2.05) is 0 Å². The molecule has 1 heteroatoms. The minimum atomic E-state index is -0.517. The Bertz CT molecular complexity index is 404. The average molecular weight is 246 g/mol. The zero-order chi connectivity index (χ0) is 13.4. The molecule has 0 saturated heterocycles. The molecular weight excluding hydrogens is 220 g/mol. The molecule has 0 aliphatic heterocycles. The van der Waals surface area contributed by atoms with Gasteiger partial charge in [0.1, 0.15) is 0 Å². The first kappa shape index (κ1) is 13.6. The van der Waals surface area contributed by atoms with E-state index >= 15 is 0 Å². The van der Waals surface area contributed by atoms with Gasteiger partial charge in [0, 0.05) is 6.42 Å². The van der Waals surface area contributed by atoms with E-state index in [4.69, 9.17) is 0 Å². The van der Waals surface area contributed by atoms with E-state index in [2.05, 4.69) is 52.0 Å². The first-order chi connectivity index (χ1) is 8.28. The van der Waals surface area contributed by atoms with Gasteiger partial charge in [-0.2, -0.15) is 0 Å². The number of rotatable bonds is 2. The first-order valence-electron chi connectivity index (χ1n) is 7.06. The molecule has 2 rings (SSSR count). The van der Waals surface area contributed by atoms with E-state index < -0.39 is 5.60 Å². The lowest BCUT2D eigenvalue weighted by Gasteiger charge is -2.44. The Morgan fingerprint density at radius 1 is 1.17 bits per heavy atom. The van der Waals surface area contributed by atoms with Crippen LogP contribution in [0.4, 0.5) is 0 Å². The molecule has 18 heavy (non-hydrogen) atoms. The summed E-state index contributed by atoms with van der Waals surface area (Å²) in [5.41, 5.74) is 2.28. The molecule has 0 radical (unpaired) electrons. The Morgan fingerprint density at radius 3 is 2.33 bits per heavy atom. The van der Waals surface area contributed by atoms with Crippen molar-refractivity contribution in [3.63, 3.8) is 0 Å². The third-order valence-corrected chi connectivity index (χ3v) is 4.09. The monoisotopic (exact) mass is 246 g/mol. The minimum absolute atomic E-state index is 0.261. The molecule has 1 fully saturated rings. The summed E-state index contributed by atoms with van der Waals surface area (Å²) in [5.74, 6) is 0.615. The molecule has 1 aromatic rings. The molecule has 0 bridgehead atoms. The van der Waals surface area contributed by atoms with Crippen LogP contribution in [-0.2, 0) is 6.42 Å². The van der Waals surface area contributed by atoms with Gasteiger partial charge in [0.15, 0.2) is 0 Å². The SMILES string of the molecule is Cc1ccc(CC2(O)CC(C)CC(C)(C)C2)cc1. The van der Waals surface area contributed by atoms with Crippen molar-refractivity contribution < 1.29 is 5.11 Å². The van der Waals surface area contributed by atoms with E-state index in [-0.39, 0.29) is 5.41 Å². The predicted molar refractivity (Wildman–Crippen MR) is 76.6 cm³/mol. The second-order valence-electron chi connectivity index (χ2n) is 7.24. The van der Waals surface area contributed by atoms with Gasteiger partial charge in [0.2, 0.25) is 0 Å². The predicted octanol–water partition coefficient (Wildman–Crippen LogP) is 4.11. The Kier molecular flexibility index (Phi) is 3.55. The maximum absolute atomic E-state index is 10.9. The van der Waals surface area contributed by atoms with Gasteiger partial charge in [-0.3, -0.25) is 0 Å². The Labute approximate surface area is 111 Å². The third-order valence-electron chi connectivity index (χ3n) is 4.09. The van der Waals surface area contributed by atoms with E-state index in [0.29, 0.717) is 5.92 Å². The van der Waals surface area contributed by atoms with Crippen LogP contribution in [0.25, 0.3) is 0 Å². The van der Waals surface area contributed by atoms with Crippen LogP contribution in [0.5, 0.6) is 0 Å². The van der Waals surface area contributed by atoms with Crippen LogP contribution >= 0.6 is 0 Å². The van der Waals surface area contributed by atoms with Crippen molar-refractivity contribution in [1.29, 1.82) is 0 Å². The van der Waals surface area contributed by atoms with Crippen molar-refractivity contribution in [3.8, 4) is 0 Å². The zero-order valence-corrected chi connectivity index (χ0v) is 12.2. The van der Waals surface area contributed by atoms with E-state index in [1.165, 1.54) is 17.5 Å². The molecule has 0 amide bonds. The summed E-state index contributed by atoms with van der Waals surface area (Å²) in [6.45, 7) is 8.93. The molecule has 1 nitrogen and oxygen atoms in total. The van der Waals surface area contributed by atoms with Crippen molar-refractivity contribution in [1.82, 2.24) is 0 Å². The summed E-state index contributed by atoms with van der Waals surface area (Å²) >= 11 is 0. The summed E-state index contributed by atoms with van der Waals surface area (Å²) in [5, 5.41) is 10.9. The molecule has 100 valence electrons. The molecule has 0 aromatic heterocycles. The molecule has 1 N–H and O–H groups in total. The fourth-order valence-electron chi connectivity index (χ4n) is 3.92. The fraction of sp³-hybridized carbons (Fsp3) is 0.647. The molecule has 1 saturated carbocycles. The number of benzene rings is 1. The average Bonchev–Trinajstić information content (AvgIpc) is 2.17. The van der Waals surface area contributed by atoms with Gasteiger partial charge in [-0.1, -0.05) is 50.6 Å². The maximum Gasteiger partial charge on any atom is 0.0695 e. The van der Waals surface area contributed by atoms with Crippen LogP contribution in [0.3, 0.4) is 0 Å². The van der Waals surface area contributed by atoms with Gasteiger partial charge in [0.25, 0.3) is 0 Å². The molecule has 1 aliphatic carbocycles. The first-order valence-corrected chi connectivity index (χ1v) is 7.06. The fourth-order valence-corrected chi connectivity index (χ4v) is 3.92. The zero-order valence-electron chi connectivity index (χ0n) is 12.2. The maximum atomic E-state index is 10.9. The summed E-state index contributed by atoms with van der Waals surface area (Å²) in [6.07, 6.45) is 3.87. The highest BCUT2D eigenvalue weighted by molar-refractivity contribution is 5.23. The molecule has 0 heterocycles. The van der Waals surface area contributed by atoms with Crippen LogP contribution in [-0.4, -0.2) is 10.7 Å². The quantitative estimate of drug-likeness (QED) is 0.832. The number of hydrogen-bond donors (Lipinski definition) is 1. The van der Waals surface area contributed by atoms with Gasteiger partial charge in [-0.15, -0.1) is 0 Å². The second kappa shape index (κ2) is 4.70. The standard InChI is InChI=1S/C17H26O/c1-13-5-7-15(8-6-13)11-17(18)10-14(2)9-16(3,4)12-17/h5-8,14,18H,9-12H2,1-4H3. The third kappa shape index (κ3) is 3.35. The highest BCUT2D eigenvalue weighted by Gasteiger charge is 2.41. The lowest BCUT2D eigenvalue weighted by Crippen LogP contribution is -2.43. The van der Waals surface area contributed by atoms with Crippen LogP contribution in [0.1, 0.15) is 51.2 Å². The summed E-state index contributed by atoms with van der Waals surface area (Å²) in [4.78, 5) is 0. The highest BCUT2D eigenvalue weighted by Crippen LogP contribution is 2.45. The van der Waals surface area contributed by atoms with Crippen molar-refractivity contribution >= 4 is 0 Å². The molecular formula is C17H26O. The number of hydrogen-bond acceptors (Lipinski definition) is 1. The van der Waals surface area contributed by atoms with Crippen molar-refractivity contribution in [2.75, 3.05) is 0 Å². The van der Waals surface area contributed by atoms with Crippen LogP contribution < -0.4 is 0 Å². The van der Waals surface area contributed by atoms with Crippen molar-refractivity contribution in [2.45, 2.75) is 59.0 Å². The molecule has 2 unspecified atom stereocenters. The largest absolute Gasteiger partial charge is 0.390 e. The van der Waals surface area contributed by atoms with Crippen LogP contribution in [0, 0.1) is 18.3 Å². The van der Waals surface area contributed by atoms with Gasteiger partial charge in [-0.25, -0.2) is 0 Å². The lowest BCUT2D eigenvalue weighted by atomic mass is 9.64. The highest BCUT2D eigenvalue weighted by atomic mass is 16.3. The van der Waals surface area contributed by atoms with Crippen molar-refractivity contribution in [3.05, 3.63) is 35.4 Å². The van der Waals surface area contributed by atoms with E-state index in [9.17, 15) is 5.11 Å². The van der Waals surface area contributed by atoms with Crippen molar-refractivity contribution in [2.24, 2.45) is 11.3 Å². The van der Waals surface area contributed by atoms with Gasteiger partial charge in [-0.05, 0) is 43.1 Å². The summed E-state index contributed by atoms with van der Waals surface area (Å²) in [7, 11) is 0. The summed E-state index contributed by atoms with van der Waals surface area (Å²) < 4.78 is 0. The van der Waals surface area contributed by atoms with Crippen LogP contribution in [0.2, 0.25) is 0 Å². The van der Waals surface area contributed by atoms with Gasteiger partial charge >= 0.3 is 0 Å². The normalized spacial score (nSPS) is 31.3. The Morgan fingerprint density at radius 2 is 1.78 bits per heavy atom. The smallest absolute Gasteiger partial charge is 0.0695 e. The molecule has 1 aliphatic rings. The Balaban J connectivity index is 2.13. The van der Waals surface area contributed by atoms with Gasteiger partial charge < -0.3 is 5.11 Å². The molecule has 0 spiro atoms. The van der Waals surface area contributed by atoms with E-state index in [0.717, 1.165) is 19.3 Å². The molecule has 1 aromatic carbocycles. The lowest BCUT2D eigenvalue weighted by molar-refractivity contribution is -0.0574. The minimum Gasteiger partial charge on any atom is -0.390 e. The molecule has 2 atom stereocenters. The van der Waals surface area contributed by atoms with Crippen LogP contribution in [0.15, 0.2) is 24.3 Å². The second-order valence-corrected chi connectivity index (χ2v) is 7.24. The number of aliphatic hydroxyl groups is 1.